The molecule has 25 heavy (non-hydrogen) atoms. The number of nitrogens with zero attached hydrogens (tertiary/aromatic N) is 5. The summed E-state index contributed by atoms with van der Waals surface area (Å²) in [5, 5.41) is 4.36. The van der Waals surface area contributed by atoms with Gasteiger partial charge in [0.2, 0.25) is 0 Å². The number of aromatic nitrogens is 4. The van der Waals surface area contributed by atoms with Crippen LogP contribution in [-0.4, -0.2) is 45.4 Å². The van der Waals surface area contributed by atoms with Crippen molar-refractivity contribution in [1.29, 1.82) is 0 Å². The van der Waals surface area contributed by atoms with Crippen LogP contribution in [0, 0.1) is 0 Å². The molecule has 3 heterocycles. The molecular weight excluding hydrogens is 314 g/mol. The second-order valence-corrected chi connectivity index (χ2v) is 6.46. The molecule has 0 spiro atoms. The van der Waals surface area contributed by atoms with Crippen molar-refractivity contribution in [3.8, 4) is 0 Å². The van der Waals surface area contributed by atoms with Crippen LogP contribution in [0.1, 0.15) is 24.6 Å². The Morgan fingerprint density at radius 2 is 2.12 bits per heavy atom. The van der Waals surface area contributed by atoms with E-state index in [1.807, 2.05) is 10.6 Å². The van der Waals surface area contributed by atoms with E-state index in [1.54, 1.807) is 6.33 Å². The smallest absolute Gasteiger partial charge is 0.254 e. The third-order valence-electron chi connectivity index (χ3n) is 4.56. The second-order valence-electron chi connectivity index (χ2n) is 6.46. The molecule has 1 aliphatic rings. The van der Waals surface area contributed by atoms with Crippen LogP contribution in [-0.2, 0) is 17.6 Å². The first-order valence-corrected chi connectivity index (χ1v) is 8.93. The fourth-order valence-electron chi connectivity index (χ4n) is 3.38. The van der Waals surface area contributed by atoms with Crippen molar-refractivity contribution >= 4 is 11.6 Å². The molecule has 3 aromatic rings. The molecule has 1 atom stereocenters. The zero-order valence-corrected chi connectivity index (χ0v) is 14.5. The van der Waals surface area contributed by atoms with Crippen LogP contribution in [0.2, 0.25) is 0 Å². The highest BCUT2D eigenvalue weighted by Crippen LogP contribution is 2.21. The Hall–Kier alpha value is -2.47. The van der Waals surface area contributed by atoms with Crippen molar-refractivity contribution in [3.05, 3.63) is 54.0 Å². The molecule has 130 valence electrons. The lowest BCUT2D eigenvalue weighted by Crippen LogP contribution is -2.44. The molecule has 0 saturated carbocycles. The fourth-order valence-corrected chi connectivity index (χ4v) is 3.38. The minimum Gasteiger partial charge on any atom is -0.374 e. The summed E-state index contributed by atoms with van der Waals surface area (Å²) in [7, 11) is 0. The van der Waals surface area contributed by atoms with Crippen LogP contribution in [0.15, 0.2) is 42.7 Å². The first-order chi connectivity index (χ1) is 12.3. The molecule has 0 amide bonds. The zero-order chi connectivity index (χ0) is 17.1. The molecule has 6 nitrogen and oxygen atoms in total. The van der Waals surface area contributed by atoms with E-state index in [0.717, 1.165) is 50.5 Å². The molecular formula is C19H23N5O. The van der Waals surface area contributed by atoms with Gasteiger partial charge < -0.3 is 9.64 Å². The first kappa shape index (κ1) is 16.0. The molecule has 0 aliphatic carbocycles. The average molecular weight is 337 g/mol. The lowest BCUT2D eigenvalue weighted by atomic mass is 10.1. The van der Waals surface area contributed by atoms with Crippen LogP contribution in [0.5, 0.6) is 0 Å². The maximum Gasteiger partial charge on any atom is 0.254 e. The van der Waals surface area contributed by atoms with Gasteiger partial charge in [-0.05, 0) is 12.0 Å². The molecule has 0 bridgehead atoms. The predicted molar refractivity (Wildman–Crippen MR) is 96.9 cm³/mol. The van der Waals surface area contributed by atoms with Crippen molar-refractivity contribution in [2.45, 2.75) is 32.3 Å². The summed E-state index contributed by atoms with van der Waals surface area (Å²) in [6.07, 6.45) is 4.69. The summed E-state index contributed by atoms with van der Waals surface area (Å²) in [5.41, 5.74) is 2.38. The van der Waals surface area contributed by atoms with Crippen LogP contribution in [0.25, 0.3) is 5.78 Å². The molecule has 1 saturated heterocycles. The zero-order valence-electron chi connectivity index (χ0n) is 14.5. The van der Waals surface area contributed by atoms with E-state index in [2.05, 4.69) is 57.2 Å². The Balaban J connectivity index is 1.58. The minimum atomic E-state index is 0.178. The molecule has 1 fully saturated rings. The van der Waals surface area contributed by atoms with Crippen molar-refractivity contribution < 1.29 is 4.74 Å². The molecule has 2 aromatic heterocycles. The number of ether oxygens (including phenoxy) is 1. The normalized spacial score (nSPS) is 18.0. The molecule has 4 rings (SSSR count). The monoisotopic (exact) mass is 337 g/mol. The summed E-state index contributed by atoms with van der Waals surface area (Å²) in [4.78, 5) is 11.2. The van der Waals surface area contributed by atoms with Gasteiger partial charge in [-0.3, -0.25) is 0 Å². The predicted octanol–water partition coefficient (Wildman–Crippen LogP) is 2.52. The lowest BCUT2D eigenvalue weighted by molar-refractivity contribution is 0.0406. The molecule has 0 N–H and O–H groups in total. The molecule has 6 heteroatoms. The van der Waals surface area contributed by atoms with Gasteiger partial charge in [0.15, 0.2) is 0 Å². The summed E-state index contributed by atoms with van der Waals surface area (Å²) >= 11 is 0. The van der Waals surface area contributed by atoms with E-state index in [0.29, 0.717) is 5.78 Å². The Morgan fingerprint density at radius 1 is 1.24 bits per heavy atom. The van der Waals surface area contributed by atoms with Gasteiger partial charge in [-0.15, -0.1) is 0 Å². The van der Waals surface area contributed by atoms with E-state index in [1.165, 1.54) is 5.56 Å². The Kier molecular flexibility index (Phi) is 4.61. The second kappa shape index (κ2) is 7.19. The van der Waals surface area contributed by atoms with E-state index in [4.69, 9.17) is 4.74 Å². The van der Waals surface area contributed by atoms with Crippen LogP contribution < -0.4 is 4.90 Å². The third kappa shape index (κ3) is 3.49. The van der Waals surface area contributed by atoms with Crippen LogP contribution in [0.4, 0.5) is 5.82 Å². The summed E-state index contributed by atoms with van der Waals surface area (Å²) in [6, 6.07) is 12.7. The Bertz CT molecular complexity index is 832. The number of hydrogen-bond acceptors (Lipinski definition) is 5. The maximum atomic E-state index is 6.00. The highest BCUT2D eigenvalue weighted by molar-refractivity contribution is 5.48. The highest BCUT2D eigenvalue weighted by Gasteiger charge is 2.23. The van der Waals surface area contributed by atoms with E-state index >= 15 is 0 Å². The molecule has 1 aliphatic heterocycles. The van der Waals surface area contributed by atoms with Gasteiger partial charge in [0.05, 0.1) is 12.7 Å². The standard InChI is InChI=1S/C19H23N5O/c1-2-6-16-12-18(24-19(22-16)20-14-21-24)23-9-10-25-17(13-23)11-15-7-4-3-5-8-15/h3-5,7-8,12,14,17H,2,6,9-11,13H2,1H3/t17-/m1/s1. The first-order valence-electron chi connectivity index (χ1n) is 8.93. The van der Waals surface area contributed by atoms with Gasteiger partial charge in [-0.2, -0.15) is 14.6 Å². The largest absolute Gasteiger partial charge is 0.374 e. The number of benzene rings is 1. The summed E-state index contributed by atoms with van der Waals surface area (Å²) in [6.45, 7) is 4.59. The van der Waals surface area contributed by atoms with Gasteiger partial charge in [-0.25, -0.2) is 4.98 Å². The maximum absolute atomic E-state index is 6.00. The topological polar surface area (TPSA) is 55.6 Å². The average Bonchev–Trinajstić information content (AvgIpc) is 3.11. The van der Waals surface area contributed by atoms with Crippen molar-refractivity contribution in [1.82, 2.24) is 19.6 Å². The van der Waals surface area contributed by atoms with Gasteiger partial charge >= 0.3 is 0 Å². The van der Waals surface area contributed by atoms with Crippen molar-refractivity contribution in [3.63, 3.8) is 0 Å². The number of anilines is 1. The van der Waals surface area contributed by atoms with Gasteiger partial charge in [-0.1, -0.05) is 43.7 Å². The third-order valence-corrected chi connectivity index (χ3v) is 4.56. The number of rotatable bonds is 5. The molecule has 0 unspecified atom stereocenters. The van der Waals surface area contributed by atoms with Crippen LogP contribution >= 0.6 is 0 Å². The summed E-state index contributed by atoms with van der Waals surface area (Å²) in [5.74, 6) is 1.74. The SMILES string of the molecule is CCCc1cc(N2CCO[C@H](Cc3ccccc3)C2)n2ncnc2n1. The van der Waals surface area contributed by atoms with E-state index < -0.39 is 0 Å². The number of hydrogen-bond donors (Lipinski definition) is 0. The van der Waals surface area contributed by atoms with Gasteiger partial charge in [0.25, 0.3) is 5.78 Å². The van der Waals surface area contributed by atoms with Crippen molar-refractivity contribution in [2.75, 3.05) is 24.6 Å². The molecule has 0 radical (unpaired) electrons. The van der Waals surface area contributed by atoms with E-state index in [-0.39, 0.29) is 6.10 Å². The number of aryl methyl sites for hydroxylation is 1. The summed E-state index contributed by atoms with van der Waals surface area (Å²) < 4.78 is 7.84. The Labute approximate surface area is 147 Å². The lowest BCUT2D eigenvalue weighted by Gasteiger charge is -2.34. The fraction of sp³-hybridized carbons (Fsp3) is 0.421. The van der Waals surface area contributed by atoms with Gasteiger partial charge in [0, 0.05) is 31.3 Å². The molecule has 1 aromatic carbocycles. The number of fused-ring (bicyclic) bond motifs is 1. The van der Waals surface area contributed by atoms with Crippen LogP contribution in [0.3, 0.4) is 0 Å². The van der Waals surface area contributed by atoms with Crippen molar-refractivity contribution in [2.24, 2.45) is 0 Å². The van der Waals surface area contributed by atoms with E-state index in [9.17, 15) is 0 Å². The number of morpholine rings is 1. The minimum absolute atomic E-state index is 0.178. The van der Waals surface area contributed by atoms with Gasteiger partial charge in [0.1, 0.15) is 12.1 Å². The highest BCUT2D eigenvalue weighted by atomic mass is 16.5. The quantitative estimate of drug-likeness (QED) is 0.716. The Morgan fingerprint density at radius 3 is 2.96 bits per heavy atom.